The number of aromatic nitrogens is 1. The average Bonchev–Trinajstić information content (AvgIpc) is 2.76. The van der Waals surface area contributed by atoms with Gasteiger partial charge >= 0.3 is 0 Å². The van der Waals surface area contributed by atoms with E-state index in [2.05, 4.69) is 9.88 Å². The van der Waals surface area contributed by atoms with E-state index in [1.165, 1.54) is 19.3 Å². The topological polar surface area (TPSA) is 62.7 Å². The second-order valence-corrected chi connectivity index (χ2v) is 9.28. The summed E-state index contributed by atoms with van der Waals surface area (Å²) >= 11 is 0. The van der Waals surface area contributed by atoms with E-state index in [0.717, 1.165) is 39.1 Å². The maximum atomic E-state index is 16.1. The van der Waals surface area contributed by atoms with Crippen molar-refractivity contribution in [2.24, 2.45) is 0 Å². The lowest BCUT2D eigenvalue weighted by Crippen LogP contribution is -2.55. The van der Waals surface area contributed by atoms with Crippen LogP contribution in [0.2, 0.25) is 0 Å². The molecule has 2 heterocycles. The highest BCUT2D eigenvalue weighted by atomic mass is 19.1. The molecule has 4 rings (SSSR count). The molecule has 29 heavy (non-hydrogen) atoms. The molecule has 1 aromatic rings. The van der Waals surface area contributed by atoms with Crippen molar-refractivity contribution in [2.45, 2.75) is 81.5 Å². The van der Waals surface area contributed by atoms with E-state index in [1.807, 2.05) is 0 Å². The molecule has 2 atom stereocenters. The largest absolute Gasteiger partial charge is 0.384 e. The van der Waals surface area contributed by atoms with Crippen LogP contribution < -0.4 is 0 Å². The number of ketones is 1. The zero-order valence-electron chi connectivity index (χ0n) is 17.5. The Morgan fingerprint density at radius 3 is 2.66 bits per heavy atom. The number of halogens is 1. The quantitative estimate of drug-likeness (QED) is 0.812. The van der Waals surface area contributed by atoms with Gasteiger partial charge in [0.05, 0.1) is 18.9 Å². The Morgan fingerprint density at radius 1 is 1.21 bits per heavy atom. The Bertz CT molecular complexity index is 741. The van der Waals surface area contributed by atoms with Crippen LogP contribution in [0.5, 0.6) is 0 Å². The maximum Gasteiger partial charge on any atom is 0.195 e. The van der Waals surface area contributed by atoms with Gasteiger partial charge in [-0.25, -0.2) is 4.39 Å². The van der Waals surface area contributed by atoms with Crippen LogP contribution in [0.15, 0.2) is 18.3 Å². The summed E-state index contributed by atoms with van der Waals surface area (Å²) in [7, 11) is 0. The van der Waals surface area contributed by atoms with Gasteiger partial charge in [-0.15, -0.1) is 0 Å². The zero-order chi connectivity index (χ0) is 20.5. The van der Waals surface area contributed by atoms with E-state index in [4.69, 9.17) is 4.74 Å². The van der Waals surface area contributed by atoms with Gasteiger partial charge in [0.2, 0.25) is 0 Å². The number of fused-ring (bicyclic) bond motifs is 1. The van der Waals surface area contributed by atoms with Gasteiger partial charge in [0.25, 0.3) is 0 Å². The number of carbonyl (C=O) groups excluding carboxylic acids is 1. The third-order valence-electron chi connectivity index (χ3n) is 7.43. The molecule has 1 aliphatic heterocycles. The number of hydrogen-bond acceptors (Lipinski definition) is 5. The molecule has 2 aliphatic carbocycles. The van der Waals surface area contributed by atoms with E-state index in [9.17, 15) is 9.90 Å². The summed E-state index contributed by atoms with van der Waals surface area (Å²) < 4.78 is 21.6. The summed E-state index contributed by atoms with van der Waals surface area (Å²) in [5.74, 6) is -0.361. The average molecular weight is 405 g/mol. The first-order chi connectivity index (χ1) is 13.9. The zero-order valence-corrected chi connectivity index (χ0v) is 17.5. The van der Waals surface area contributed by atoms with E-state index in [1.54, 1.807) is 25.3 Å². The Kier molecular flexibility index (Phi) is 5.79. The number of Topliss-reactive ketones (excluding diaryl/α,β-unsaturated/α-hetero) is 1. The summed E-state index contributed by atoms with van der Waals surface area (Å²) in [6.07, 6.45) is 8.42. The number of alkyl halides is 1. The van der Waals surface area contributed by atoms with Crippen LogP contribution in [0.4, 0.5) is 4.39 Å². The highest BCUT2D eigenvalue weighted by molar-refractivity contribution is 5.89. The third-order valence-corrected chi connectivity index (χ3v) is 7.43. The van der Waals surface area contributed by atoms with Crippen LogP contribution in [0.3, 0.4) is 0 Å². The van der Waals surface area contributed by atoms with Crippen LogP contribution >= 0.6 is 0 Å². The minimum Gasteiger partial charge on any atom is -0.384 e. The van der Waals surface area contributed by atoms with Gasteiger partial charge in [0.15, 0.2) is 11.5 Å². The molecule has 5 nitrogen and oxygen atoms in total. The van der Waals surface area contributed by atoms with E-state index >= 15 is 4.39 Å². The number of morpholine rings is 1. The molecular formula is C23H33FN2O3. The van der Waals surface area contributed by atoms with Crippen molar-refractivity contribution >= 4 is 5.78 Å². The van der Waals surface area contributed by atoms with Crippen molar-refractivity contribution in [3.63, 3.8) is 0 Å². The van der Waals surface area contributed by atoms with Gasteiger partial charge < -0.3 is 9.84 Å². The van der Waals surface area contributed by atoms with Crippen LogP contribution in [-0.2, 0) is 20.8 Å². The summed E-state index contributed by atoms with van der Waals surface area (Å²) in [5, 5.41) is 10.6. The minimum atomic E-state index is -2.05. The number of hydrogen-bond donors (Lipinski definition) is 1. The fraction of sp³-hybridized carbons (Fsp3) is 0.739. The summed E-state index contributed by atoms with van der Waals surface area (Å²) in [6, 6.07) is 3.27. The first-order valence-corrected chi connectivity index (χ1v) is 11.1. The highest BCUT2D eigenvalue weighted by Gasteiger charge is 2.50. The van der Waals surface area contributed by atoms with Crippen LogP contribution in [0.25, 0.3) is 0 Å². The molecule has 0 aromatic carbocycles. The second-order valence-electron chi connectivity index (χ2n) is 9.28. The Balaban J connectivity index is 1.54. The Morgan fingerprint density at radius 2 is 1.93 bits per heavy atom. The van der Waals surface area contributed by atoms with E-state index in [0.29, 0.717) is 12.1 Å². The molecule has 0 unspecified atom stereocenters. The Labute approximate surface area is 172 Å². The van der Waals surface area contributed by atoms with Crippen molar-refractivity contribution in [3.05, 3.63) is 29.6 Å². The SMILES string of the molecule is C[C@]1(O)CC[C@@](F)(C(=O)CCC2(N3CCOCC3)CCCCC2)c2cccnc21. The van der Waals surface area contributed by atoms with Crippen LogP contribution in [0.1, 0.15) is 76.0 Å². The van der Waals surface area contributed by atoms with Gasteiger partial charge in [-0.1, -0.05) is 25.3 Å². The van der Waals surface area contributed by atoms with Crippen molar-refractivity contribution < 1.29 is 19.0 Å². The maximum absolute atomic E-state index is 16.1. The molecule has 3 aliphatic rings. The summed E-state index contributed by atoms with van der Waals surface area (Å²) in [6.45, 7) is 4.90. The standard InChI is InChI=1S/C23H33FN2O3/c1-21(28)11-12-23(24,18-6-5-13-25-20(18)21)19(27)7-10-22(8-3-2-4-9-22)26-14-16-29-17-15-26/h5-6,13,28H,2-4,7-12,14-17H2,1H3/t21-,23-/m0/s1. The van der Waals surface area contributed by atoms with Crippen molar-refractivity contribution in [3.8, 4) is 0 Å². The van der Waals surface area contributed by atoms with E-state index in [-0.39, 0.29) is 36.1 Å². The lowest BCUT2D eigenvalue weighted by Gasteiger charge is -2.48. The molecule has 0 amide bonds. The first-order valence-electron chi connectivity index (χ1n) is 11.1. The van der Waals surface area contributed by atoms with Crippen molar-refractivity contribution in [1.82, 2.24) is 9.88 Å². The van der Waals surface area contributed by atoms with Gasteiger partial charge in [-0.05, 0) is 45.1 Å². The highest BCUT2D eigenvalue weighted by Crippen LogP contribution is 2.47. The third kappa shape index (κ3) is 3.87. The number of rotatable bonds is 5. The van der Waals surface area contributed by atoms with Crippen molar-refractivity contribution in [2.75, 3.05) is 26.3 Å². The monoisotopic (exact) mass is 404 g/mol. The van der Waals surface area contributed by atoms with Gasteiger partial charge in [-0.3, -0.25) is 14.7 Å². The molecule has 0 radical (unpaired) electrons. The van der Waals surface area contributed by atoms with E-state index < -0.39 is 11.3 Å². The molecule has 6 heteroatoms. The minimum absolute atomic E-state index is 0.00796. The molecule has 160 valence electrons. The fourth-order valence-corrected chi connectivity index (χ4v) is 5.63. The van der Waals surface area contributed by atoms with Gasteiger partial charge in [0, 0.05) is 36.8 Å². The number of aliphatic hydroxyl groups is 1. The number of carbonyl (C=O) groups is 1. The molecular weight excluding hydrogens is 371 g/mol. The summed E-state index contributed by atoms with van der Waals surface area (Å²) in [5.41, 5.74) is -2.68. The summed E-state index contributed by atoms with van der Waals surface area (Å²) in [4.78, 5) is 20.0. The number of ether oxygens (including phenoxy) is 1. The lowest BCUT2D eigenvalue weighted by molar-refractivity contribution is -0.135. The molecule has 1 saturated carbocycles. The predicted molar refractivity (Wildman–Crippen MR) is 108 cm³/mol. The van der Waals surface area contributed by atoms with Gasteiger partial charge in [-0.2, -0.15) is 0 Å². The smallest absolute Gasteiger partial charge is 0.195 e. The molecule has 1 aromatic heterocycles. The molecule has 0 bridgehead atoms. The lowest BCUT2D eigenvalue weighted by atomic mass is 9.71. The molecule has 1 N–H and O–H groups in total. The predicted octanol–water partition coefficient (Wildman–Crippen LogP) is 3.63. The van der Waals surface area contributed by atoms with Crippen LogP contribution in [0, 0.1) is 0 Å². The normalized spacial score (nSPS) is 32.5. The van der Waals surface area contributed by atoms with Gasteiger partial charge in [0.1, 0.15) is 5.60 Å². The molecule has 2 fully saturated rings. The number of nitrogens with zero attached hydrogens (tertiary/aromatic N) is 2. The second kappa shape index (κ2) is 8.05. The molecule has 0 spiro atoms. The van der Waals surface area contributed by atoms with Crippen molar-refractivity contribution in [1.29, 1.82) is 0 Å². The number of pyridine rings is 1. The van der Waals surface area contributed by atoms with Crippen LogP contribution in [-0.4, -0.2) is 52.6 Å². The fourth-order valence-electron chi connectivity index (χ4n) is 5.63. The molecule has 1 saturated heterocycles. The first kappa shape index (κ1) is 20.9. The Hall–Kier alpha value is -1.37.